The average molecular weight is 262 g/mol. The van der Waals surface area contributed by atoms with Gasteiger partial charge in [0.2, 0.25) is 0 Å². The summed E-state index contributed by atoms with van der Waals surface area (Å²) in [6, 6.07) is 0.443. The van der Waals surface area contributed by atoms with E-state index in [9.17, 15) is 9.59 Å². The third kappa shape index (κ3) is 2.77. The lowest BCUT2D eigenvalue weighted by Crippen LogP contribution is -2.46. The molecule has 0 spiro atoms. The number of amides is 2. The zero-order chi connectivity index (χ0) is 13.2. The van der Waals surface area contributed by atoms with Crippen LogP contribution in [-0.2, 0) is 9.59 Å². The van der Waals surface area contributed by atoms with Crippen molar-refractivity contribution in [3.8, 4) is 0 Å². The molecule has 19 heavy (non-hydrogen) atoms. The normalized spacial score (nSPS) is 26.1. The average Bonchev–Trinajstić information content (AvgIpc) is 2.90. The second kappa shape index (κ2) is 5.03. The summed E-state index contributed by atoms with van der Waals surface area (Å²) in [6.45, 7) is 0. The Bertz CT molecular complexity index is 467. The highest BCUT2D eigenvalue weighted by Crippen LogP contribution is 2.29. The number of imidazole rings is 1. The minimum absolute atomic E-state index is 0.0200. The summed E-state index contributed by atoms with van der Waals surface area (Å²) in [5, 5.41) is 5.56. The van der Waals surface area contributed by atoms with E-state index in [0.29, 0.717) is 0 Å². The standard InChI is InChI=1S/C13H18N4O2/c18-12(15-9-4-5-9)13(19)16-10-2-1-3-11(10)17-7-6-14-8-17/h6-11H,1-5H2,(H,15,18)(H,16,19). The molecule has 1 heterocycles. The van der Waals surface area contributed by atoms with Gasteiger partial charge in [0.05, 0.1) is 18.4 Å². The van der Waals surface area contributed by atoms with E-state index >= 15 is 0 Å². The van der Waals surface area contributed by atoms with E-state index in [0.717, 1.165) is 32.1 Å². The topological polar surface area (TPSA) is 76.0 Å². The van der Waals surface area contributed by atoms with Gasteiger partial charge in [-0.05, 0) is 32.1 Å². The van der Waals surface area contributed by atoms with Crippen molar-refractivity contribution in [2.24, 2.45) is 0 Å². The van der Waals surface area contributed by atoms with Crippen molar-refractivity contribution in [3.05, 3.63) is 18.7 Å². The first-order valence-corrected chi connectivity index (χ1v) is 6.83. The SMILES string of the molecule is O=C(NC1CC1)C(=O)NC1CCCC1n1ccnc1. The van der Waals surface area contributed by atoms with Crippen LogP contribution < -0.4 is 10.6 Å². The van der Waals surface area contributed by atoms with Gasteiger partial charge in [0.15, 0.2) is 0 Å². The molecule has 2 fully saturated rings. The smallest absolute Gasteiger partial charge is 0.309 e. The van der Waals surface area contributed by atoms with E-state index in [1.807, 2.05) is 10.8 Å². The summed E-state index contributed by atoms with van der Waals surface area (Å²) in [6.07, 6.45) is 10.3. The van der Waals surface area contributed by atoms with Gasteiger partial charge in [-0.3, -0.25) is 9.59 Å². The van der Waals surface area contributed by atoms with Crippen molar-refractivity contribution in [2.75, 3.05) is 0 Å². The molecular weight excluding hydrogens is 244 g/mol. The van der Waals surface area contributed by atoms with E-state index in [-0.39, 0.29) is 18.1 Å². The van der Waals surface area contributed by atoms with E-state index < -0.39 is 11.8 Å². The zero-order valence-corrected chi connectivity index (χ0v) is 10.7. The quantitative estimate of drug-likeness (QED) is 0.773. The Kier molecular flexibility index (Phi) is 3.23. The van der Waals surface area contributed by atoms with Crippen LogP contribution in [0.15, 0.2) is 18.7 Å². The number of hydrogen-bond acceptors (Lipinski definition) is 3. The Morgan fingerprint density at radius 1 is 1.11 bits per heavy atom. The molecule has 6 nitrogen and oxygen atoms in total. The van der Waals surface area contributed by atoms with Gasteiger partial charge in [0.25, 0.3) is 0 Å². The summed E-state index contributed by atoms with van der Waals surface area (Å²) in [4.78, 5) is 27.5. The van der Waals surface area contributed by atoms with Gasteiger partial charge in [-0.1, -0.05) is 0 Å². The molecule has 3 rings (SSSR count). The predicted octanol–water partition coefficient (Wildman–Crippen LogP) is 0.371. The van der Waals surface area contributed by atoms with E-state index in [2.05, 4.69) is 15.6 Å². The number of nitrogens with zero attached hydrogens (tertiary/aromatic N) is 2. The van der Waals surface area contributed by atoms with Gasteiger partial charge in [-0.25, -0.2) is 4.98 Å². The lowest BCUT2D eigenvalue weighted by Gasteiger charge is -2.21. The highest BCUT2D eigenvalue weighted by atomic mass is 16.2. The van der Waals surface area contributed by atoms with Gasteiger partial charge in [0.1, 0.15) is 0 Å². The minimum atomic E-state index is -0.510. The summed E-state index contributed by atoms with van der Waals surface area (Å²) < 4.78 is 2.01. The lowest BCUT2D eigenvalue weighted by atomic mass is 10.1. The number of carbonyl (C=O) groups excluding carboxylic acids is 2. The van der Waals surface area contributed by atoms with E-state index in [4.69, 9.17) is 0 Å². The number of hydrogen-bond donors (Lipinski definition) is 2. The van der Waals surface area contributed by atoms with Crippen molar-refractivity contribution >= 4 is 11.8 Å². The summed E-state index contributed by atoms with van der Waals surface area (Å²) in [5.74, 6) is -1.01. The number of nitrogens with one attached hydrogen (secondary N) is 2. The second-order valence-electron chi connectivity index (χ2n) is 5.34. The fraction of sp³-hybridized carbons (Fsp3) is 0.615. The highest BCUT2D eigenvalue weighted by Gasteiger charge is 2.32. The third-order valence-corrected chi connectivity index (χ3v) is 3.82. The van der Waals surface area contributed by atoms with Crippen LogP contribution >= 0.6 is 0 Å². The maximum atomic E-state index is 11.8. The summed E-state index contributed by atoms with van der Waals surface area (Å²) >= 11 is 0. The molecule has 2 aliphatic carbocycles. The molecule has 102 valence electrons. The number of carbonyl (C=O) groups is 2. The van der Waals surface area contributed by atoms with Crippen LogP contribution in [0.4, 0.5) is 0 Å². The fourth-order valence-corrected chi connectivity index (χ4v) is 2.64. The van der Waals surface area contributed by atoms with Crippen molar-refractivity contribution in [1.29, 1.82) is 0 Å². The van der Waals surface area contributed by atoms with Gasteiger partial charge in [0, 0.05) is 18.4 Å². The monoisotopic (exact) mass is 262 g/mol. The molecule has 2 N–H and O–H groups in total. The molecule has 2 amide bonds. The van der Waals surface area contributed by atoms with Crippen LogP contribution in [0.2, 0.25) is 0 Å². The molecule has 0 radical (unpaired) electrons. The Balaban J connectivity index is 1.58. The van der Waals surface area contributed by atoms with Gasteiger partial charge in [-0.2, -0.15) is 0 Å². The Morgan fingerprint density at radius 2 is 1.89 bits per heavy atom. The minimum Gasteiger partial charge on any atom is -0.345 e. The second-order valence-corrected chi connectivity index (χ2v) is 5.34. The predicted molar refractivity (Wildman–Crippen MR) is 68.2 cm³/mol. The summed E-state index contributed by atoms with van der Waals surface area (Å²) in [5.41, 5.74) is 0. The maximum absolute atomic E-state index is 11.8. The van der Waals surface area contributed by atoms with Crippen LogP contribution in [0, 0.1) is 0 Å². The molecule has 2 aliphatic rings. The van der Waals surface area contributed by atoms with Crippen molar-refractivity contribution < 1.29 is 9.59 Å². The van der Waals surface area contributed by atoms with Gasteiger partial charge < -0.3 is 15.2 Å². The first kappa shape index (κ1) is 12.2. The zero-order valence-electron chi connectivity index (χ0n) is 10.7. The van der Waals surface area contributed by atoms with Gasteiger partial charge in [-0.15, -0.1) is 0 Å². The molecule has 1 aromatic heterocycles. The number of aromatic nitrogens is 2. The van der Waals surface area contributed by atoms with E-state index in [1.54, 1.807) is 12.5 Å². The maximum Gasteiger partial charge on any atom is 0.309 e. The molecule has 0 saturated heterocycles. The lowest BCUT2D eigenvalue weighted by molar-refractivity contribution is -0.139. The highest BCUT2D eigenvalue weighted by molar-refractivity contribution is 6.35. The molecule has 0 aromatic carbocycles. The molecular formula is C13H18N4O2. The van der Waals surface area contributed by atoms with Crippen LogP contribution in [0.1, 0.15) is 38.1 Å². The first-order valence-electron chi connectivity index (χ1n) is 6.83. The van der Waals surface area contributed by atoms with Crippen molar-refractivity contribution in [1.82, 2.24) is 20.2 Å². The van der Waals surface area contributed by atoms with E-state index in [1.165, 1.54) is 0 Å². The molecule has 6 heteroatoms. The van der Waals surface area contributed by atoms with Crippen LogP contribution in [-0.4, -0.2) is 33.4 Å². The Hall–Kier alpha value is -1.85. The van der Waals surface area contributed by atoms with Crippen molar-refractivity contribution in [2.45, 2.75) is 50.2 Å². The Morgan fingerprint density at radius 3 is 2.58 bits per heavy atom. The fourth-order valence-electron chi connectivity index (χ4n) is 2.64. The van der Waals surface area contributed by atoms with Gasteiger partial charge >= 0.3 is 11.8 Å². The molecule has 0 aliphatic heterocycles. The molecule has 2 atom stereocenters. The first-order chi connectivity index (χ1) is 9.24. The molecule has 2 unspecified atom stereocenters. The summed E-state index contributed by atoms with van der Waals surface area (Å²) in [7, 11) is 0. The molecule has 2 saturated carbocycles. The van der Waals surface area contributed by atoms with Crippen LogP contribution in [0.25, 0.3) is 0 Å². The number of rotatable bonds is 3. The molecule has 0 bridgehead atoms. The Labute approximate surface area is 111 Å². The van der Waals surface area contributed by atoms with Crippen LogP contribution in [0.3, 0.4) is 0 Å². The van der Waals surface area contributed by atoms with Crippen LogP contribution in [0.5, 0.6) is 0 Å². The third-order valence-electron chi connectivity index (χ3n) is 3.82. The largest absolute Gasteiger partial charge is 0.345 e. The van der Waals surface area contributed by atoms with Crippen molar-refractivity contribution in [3.63, 3.8) is 0 Å². The molecule has 1 aromatic rings.